The summed E-state index contributed by atoms with van der Waals surface area (Å²) in [5.74, 6) is -3.54. The maximum Gasteiger partial charge on any atom is 0.313 e. The predicted molar refractivity (Wildman–Crippen MR) is 99.2 cm³/mol. The third-order valence-electron chi connectivity index (χ3n) is 4.87. The number of hydrogen-bond acceptors (Lipinski definition) is 2. The number of hydrogen-bond donors (Lipinski definition) is 2. The van der Waals surface area contributed by atoms with E-state index in [0.717, 1.165) is 37.0 Å². The number of aryl methyl sites for hydroxylation is 2. The molecule has 2 aromatic carbocycles. The van der Waals surface area contributed by atoms with Crippen LogP contribution in [0.25, 0.3) is 0 Å². The third kappa shape index (κ3) is 4.51. The molecule has 3 rings (SSSR count). The Hall–Kier alpha value is -2.76. The fourth-order valence-corrected chi connectivity index (χ4v) is 3.38. The van der Waals surface area contributed by atoms with E-state index in [1.807, 2.05) is 13.0 Å². The van der Waals surface area contributed by atoms with E-state index in [4.69, 9.17) is 0 Å². The lowest BCUT2D eigenvalue weighted by molar-refractivity contribution is -0.136. The number of nitrogens with one attached hydrogen (secondary N) is 2. The van der Waals surface area contributed by atoms with Crippen molar-refractivity contribution in [3.8, 4) is 0 Å². The molecule has 27 heavy (non-hydrogen) atoms. The van der Waals surface area contributed by atoms with Crippen LogP contribution in [-0.4, -0.2) is 11.8 Å². The monoisotopic (exact) mass is 372 g/mol. The number of carbonyl (C=O) groups is 2. The van der Waals surface area contributed by atoms with E-state index in [-0.39, 0.29) is 11.7 Å². The topological polar surface area (TPSA) is 58.2 Å². The molecule has 0 spiro atoms. The molecule has 0 aliphatic heterocycles. The Balaban J connectivity index is 1.68. The van der Waals surface area contributed by atoms with Gasteiger partial charge in [-0.15, -0.1) is 0 Å². The molecule has 6 heteroatoms. The van der Waals surface area contributed by atoms with Crippen LogP contribution in [0.15, 0.2) is 36.4 Å². The highest BCUT2D eigenvalue weighted by Gasteiger charge is 2.21. The second-order valence-corrected chi connectivity index (χ2v) is 6.75. The highest BCUT2D eigenvalue weighted by molar-refractivity contribution is 6.39. The van der Waals surface area contributed by atoms with Gasteiger partial charge in [0.2, 0.25) is 0 Å². The van der Waals surface area contributed by atoms with Crippen molar-refractivity contribution in [1.82, 2.24) is 5.32 Å². The minimum Gasteiger partial charge on any atom is -0.341 e. The van der Waals surface area contributed by atoms with Crippen molar-refractivity contribution in [2.75, 3.05) is 5.32 Å². The largest absolute Gasteiger partial charge is 0.341 e. The molecule has 0 bridgehead atoms. The number of halogens is 2. The molecule has 4 nitrogen and oxygen atoms in total. The van der Waals surface area contributed by atoms with Crippen molar-refractivity contribution in [3.63, 3.8) is 0 Å². The van der Waals surface area contributed by atoms with Crippen molar-refractivity contribution >= 4 is 17.5 Å². The summed E-state index contributed by atoms with van der Waals surface area (Å²) in [5.41, 5.74) is 3.35. The van der Waals surface area contributed by atoms with Gasteiger partial charge in [-0.1, -0.05) is 25.1 Å². The normalized spacial score (nSPS) is 14.2. The molecule has 0 radical (unpaired) electrons. The van der Waals surface area contributed by atoms with Crippen LogP contribution in [0.1, 0.15) is 48.9 Å². The van der Waals surface area contributed by atoms with E-state index in [0.29, 0.717) is 12.5 Å². The van der Waals surface area contributed by atoms with Crippen LogP contribution < -0.4 is 10.6 Å². The van der Waals surface area contributed by atoms with Crippen LogP contribution in [0, 0.1) is 11.6 Å². The van der Waals surface area contributed by atoms with E-state index in [2.05, 4.69) is 22.8 Å². The van der Waals surface area contributed by atoms with Gasteiger partial charge >= 0.3 is 11.8 Å². The first-order valence-corrected chi connectivity index (χ1v) is 9.16. The van der Waals surface area contributed by atoms with Crippen LogP contribution in [0.3, 0.4) is 0 Å². The summed E-state index contributed by atoms with van der Waals surface area (Å²) >= 11 is 0. The SMILES string of the molecule is CCC(NC(=O)C(=O)Nc1ccc(F)cc1F)c1ccc2c(c1)CCCC2. The van der Waals surface area contributed by atoms with E-state index in [1.165, 1.54) is 17.5 Å². The summed E-state index contributed by atoms with van der Waals surface area (Å²) in [6.45, 7) is 1.92. The average molecular weight is 372 g/mol. The Morgan fingerprint density at radius 1 is 1.00 bits per heavy atom. The summed E-state index contributed by atoms with van der Waals surface area (Å²) < 4.78 is 26.6. The fraction of sp³-hybridized carbons (Fsp3) is 0.333. The van der Waals surface area contributed by atoms with Gasteiger partial charge in [-0.2, -0.15) is 0 Å². The van der Waals surface area contributed by atoms with Crippen molar-refractivity contribution < 1.29 is 18.4 Å². The van der Waals surface area contributed by atoms with Gasteiger partial charge < -0.3 is 10.6 Å². The summed E-state index contributed by atoms with van der Waals surface area (Å²) in [5, 5.41) is 4.87. The smallest absolute Gasteiger partial charge is 0.313 e. The number of benzene rings is 2. The van der Waals surface area contributed by atoms with Crippen molar-refractivity contribution in [2.24, 2.45) is 0 Å². The molecule has 0 saturated heterocycles. The summed E-state index contributed by atoms with van der Waals surface area (Å²) in [7, 11) is 0. The highest BCUT2D eigenvalue weighted by atomic mass is 19.1. The van der Waals surface area contributed by atoms with E-state index >= 15 is 0 Å². The van der Waals surface area contributed by atoms with Crippen molar-refractivity contribution in [2.45, 2.75) is 45.1 Å². The molecule has 0 saturated carbocycles. The zero-order valence-electron chi connectivity index (χ0n) is 15.1. The van der Waals surface area contributed by atoms with E-state index in [1.54, 1.807) is 0 Å². The molecule has 1 unspecified atom stereocenters. The highest BCUT2D eigenvalue weighted by Crippen LogP contribution is 2.26. The minimum atomic E-state index is -0.989. The van der Waals surface area contributed by atoms with Crippen LogP contribution in [0.2, 0.25) is 0 Å². The first-order chi connectivity index (χ1) is 13.0. The summed E-state index contributed by atoms with van der Waals surface area (Å²) in [6, 6.07) is 8.60. The number of rotatable bonds is 4. The van der Waals surface area contributed by atoms with Gasteiger partial charge in [0.15, 0.2) is 0 Å². The molecular weight excluding hydrogens is 350 g/mol. The predicted octanol–water partition coefficient (Wildman–Crippen LogP) is 4.05. The van der Waals surface area contributed by atoms with Gasteiger partial charge in [-0.3, -0.25) is 9.59 Å². The zero-order chi connectivity index (χ0) is 19.4. The maximum absolute atomic E-state index is 13.6. The molecule has 0 heterocycles. The molecular formula is C21H22F2N2O2. The Bertz CT molecular complexity index is 867. The van der Waals surface area contributed by atoms with Gasteiger partial charge in [0.05, 0.1) is 11.7 Å². The Labute approximate surface area is 157 Å². The first kappa shape index (κ1) is 19.0. The zero-order valence-corrected chi connectivity index (χ0v) is 15.1. The van der Waals surface area contributed by atoms with Crippen LogP contribution in [0.5, 0.6) is 0 Å². The Morgan fingerprint density at radius 2 is 1.74 bits per heavy atom. The van der Waals surface area contributed by atoms with Gasteiger partial charge in [-0.05, 0) is 60.9 Å². The summed E-state index contributed by atoms with van der Waals surface area (Å²) in [6.07, 6.45) is 5.07. The summed E-state index contributed by atoms with van der Waals surface area (Å²) in [4.78, 5) is 24.3. The van der Waals surface area contributed by atoms with Gasteiger partial charge in [0.1, 0.15) is 11.6 Å². The fourth-order valence-electron chi connectivity index (χ4n) is 3.38. The third-order valence-corrected chi connectivity index (χ3v) is 4.87. The average Bonchev–Trinajstić information content (AvgIpc) is 2.67. The number of anilines is 1. The minimum absolute atomic E-state index is 0.238. The van der Waals surface area contributed by atoms with Crippen LogP contribution >= 0.6 is 0 Å². The molecule has 0 aromatic heterocycles. The quantitative estimate of drug-likeness (QED) is 0.796. The molecule has 1 aliphatic rings. The molecule has 2 N–H and O–H groups in total. The maximum atomic E-state index is 13.6. The molecule has 2 aromatic rings. The number of carbonyl (C=O) groups excluding carboxylic acids is 2. The molecule has 2 amide bonds. The second kappa shape index (κ2) is 8.29. The van der Waals surface area contributed by atoms with Gasteiger partial charge in [0, 0.05) is 6.07 Å². The Kier molecular flexibility index (Phi) is 5.84. The number of amides is 2. The van der Waals surface area contributed by atoms with E-state index < -0.39 is 23.4 Å². The molecule has 0 fully saturated rings. The van der Waals surface area contributed by atoms with Crippen molar-refractivity contribution in [3.05, 3.63) is 64.7 Å². The lowest BCUT2D eigenvalue weighted by Gasteiger charge is -2.21. The van der Waals surface area contributed by atoms with Gasteiger partial charge in [-0.25, -0.2) is 8.78 Å². The van der Waals surface area contributed by atoms with Gasteiger partial charge in [0.25, 0.3) is 0 Å². The second-order valence-electron chi connectivity index (χ2n) is 6.75. The standard InChI is InChI=1S/C21H22F2N2O2/c1-2-18(15-8-7-13-5-3-4-6-14(13)11-15)24-20(26)21(27)25-19-10-9-16(22)12-17(19)23/h7-12,18H,2-6H2,1H3,(H,24,26)(H,25,27). The van der Waals surface area contributed by atoms with Crippen molar-refractivity contribution in [1.29, 1.82) is 0 Å². The van der Waals surface area contributed by atoms with Crippen LogP contribution in [-0.2, 0) is 22.4 Å². The van der Waals surface area contributed by atoms with Crippen LogP contribution in [0.4, 0.5) is 14.5 Å². The lowest BCUT2D eigenvalue weighted by Crippen LogP contribution is -2.37. The molecule has 1 atom stereocenters. The lowest BCUT2D eigenvalue weighted by atomic mass is 9.89. The molecule has 1 aliphatic carbocycles. The molecule has 142 valence electrons. The number of fused-ring (bicyclic) bond motifs is 1. The Morgan fingerprint density at radius 3 is 2.44 bits per heavy atom. The first-order valence-electron chi connectivity index (χ1n) is 9.16. The van der Waals surface area contributed by atoms with E-state index in [9.17, 15) is 18.4 Å².